The normalized spacial score (nSPS) is 21.1. The second-order valence-electron chi connectivity index (χ2n) is 5.78. The highest BCUT2D eigenvalue weighted by Crippen LogP contribution is 2.30. The van der Waals surface area contributed by atoms with Crippen LogP contribution in [0.25, 0.3) is 0 Å². The van der Waals surface area contributed by atoms with Crippen LogP contribution in [0.4, 0.5) is 0 Å². The SMILES string of the molecule is CCN1CCCC1CN(C)C(CN)c1ccc(Cl)cc1Br. The lowest BCUT2D eigenvalue weighted by Crippen LogP contribution is -2.41. The summed E-state index contributed by atoms with van der Waals surface area (Å²) >= 11 is 9.66. The first-order chi connectivity index (χ1) is 10.1. The molecular formula is C16H25BrClN3. The van der Waals surface area contributed by atoms with Gasteiger partial charge in [0.1, 0.15) is 0 Å². The summed E-state index contributed by atoms with van der Waals surface area (Å²) in [7, 11) is 2.17. The van der Waals surface area contributed by atoms with Gasteiger partial charge in [0.15, 0.2) is 0 Å². The standard InChI is InChI=1S/C16H25BrClN3/c1-3-21-8-4-5-13(21)11-20(2)16(10-19)14-7-6-12(18)9-15(14)17/h6-7,9,13,16H,3-5,8,10-11,19H2,1-2H3. The van der Waals surface area contributed by atoms with E-state index in [2.05, 4.69) is 45.8 Å². The molecule has 0 bridgehead atoms. The third kappa shape index (κ3) is 4.20. The first-order valence-corrected chi connectivity index (χ1v) is 8.83. The van der Waals surface area contributed by atoms with E-state index in [0.29, 0.717) is 12.6 Å². The third-order valence-corrected chi connectivity index (χ3v) is 5.40. The van der Waals surface area contributed by atoms with E-state index >= 15 is 0 Å². The molecule has 2 atom stereocenters. The van der Waals surface area contributed by atoms with Gasteiger partial charge >= 0.3 is 0 Å². The Morgan fingerprint density at radius 1 is 1.52 bits per heavy atom. The average Bonchev–Trinajstić information content (AvgIpc) is 2.89. The lowest BCUT2D eigenvalue weighted by molar-refractivity contribution is 0.165. The number of hydrogen-bond acceptors (Lipinski definition) is 3. The minimum Gasteiger partial charge on any atom is -0.329 e. The molecular weight excluding hydrogens is 350 g/mol. The monoisotopic (exact) mass is 373 g/mol. The van der Waals surface area contributed by atoms with Crippen molar-refractivity contribution < 1.29 is 0 Å². The zero-order valence-electron chi connectivity index (χ0n) is 12.9. The Bertz CT molecular complexity index is 469. The molecule has 5 heteroatoms. The van der Waals surface area contributed by atoms with Gasteiger partial charge in [0.2, 0.25) is 0 Å². The average molecular weight is 375 g/mol. The fourth-order valence-corrected chi connectivity index (χ4v) is 4.24. The number of halogens is 2. The minimum absolute atomic E-state index is 0.218. The summed E-state index contributed by atoms with van der Waals surface area (Å²) in [6.45, 7) is 6.28. The fraction of sp³-hybridized carbons (Fsp3) is 0.625. The maximum atomic E-state index is 6.04. The molecule has 3 nitrogen and oxygen atoms in total. The highest BCUT2D eigenvalue weighted by Gasteiger charge is 2.27. The number of likely N-dealkylation sites (tertiary alicyclic amines) is 1. The molecule has 1 aromatic carbocycles. The Kier molecular flexibility index (Phi) is 6.51. The van der Waals surface area contributed by atoms with Crippen molar-refractivity contribution in [2.45, 2.75) is 31.8 Å². The van der Waals surface area contributed by atoms with E-state index in [1.807, 2.05) is 12.1 Å². The molecule has 1 aromatic rings. The van der Waals surface area contributed by atoms with Gasteiger partial charge in [-0.15, -0.1) is 0 Å². The Hall–Kier alpha value is -0.130. The Balaban J connectivity index is 2.09. The molecule has 2 rings (SSSR count). The number of nitrogens with zero attached hydrogens (tertiary/aromatic N) is 2. The van der Waals surface area contributed by atoms with Gasteiger partial charge in [-0.05, 0) is 50.7 Å². The molecule has 0 radical (unpaired) electrons. The predicted molar refractivity (Wildman–Crippen MR) is 93.8 cm³/mol. The van der Waals surface area contributed by atoms with Crippen LogP contribution in [0.3, 0.4) is 0 Å². The summed E-state index contributed by atoms with van der Waals surface area (Å²) in [4.78, 5) is 4.95. The van der Waals surface area contributed by atoms with Crippen LogP contribution in [-0.4, -0.2) is 49.1 Å². The molecule has 2 unspecified atom stereocenters. The molecule has 0 aliphatic carbocycles. The van der Waals surface area contributed by atoms with Gasteiger partial charge in [-0.1, -0.05) is 40.5 Å². The quantitative estimate of drug-likeness (QED) is 0.827. The molecule has 1 fully saturated rings. The van der Waals surface area contributed by atoms with Crippen LogP contribution in [0.15, 0.2) is 22.7 Å². The molecule has 1 aliphatic rings. The molecule has 0 spiro atoms. The van der Waals surface area contributed by atoms with Crippen LogP contribution in [-0.2, 0) is 0 Å². The molecule has 118 valence electrons. The topological polar surface area (TPSA) is 32.5 Å². The van der Waals surface area contributed by atoms with Crippen LogP contribution < -0.4 is 5.73 Å². The third-order valence-electron chi connectivity index (χ3n) is 4.48. The van der Waals surface area contributed by atoms with Crippen molar-refractivity contribution in [1.82, 2.24) is 9.80 Å². The molecule has 0 aromatic heterocycles. The highest BCUT2D eigenvalue weighted by atomic mass is 79.9. The largest absolute Gasteiger partial charge is 0.329 e. The van der Waals surface area contributed by atoms with E-state index in [0.717, 1.165) is 22.6 Å². The van der Waals surface area contributed by atoms with Crippen LogP contribution in [0.5, 0.6) is 0 Å². The second-order valence-corrected chi connectivity index (χ2v) is 7.07. The first kappa shape index (κ1) is 17.2. The van der Waals surface area contributed by atoms with Crippen molar-refractivity contribution in [3.63, 3.8) is 0 Å². The lowest BCUT2D eigenvalue weighted by Gasteiger charge is -2.33. The van der Waals surface area contributed by atoms with Crippen molar-refractivity contribution in [2.24, 2.45) is 5.73 Å². The summed E-state index contributed by atoms with van der Waals surface area (Å²) in [6.07, 6.45) is 2.60. The number of benzene rings is 1. The van der Waals surface area contributed by atoms with Crippen LogP contribution >= 0.6 is 27.5 Å². The van der Waals surface area contributed by atoms with E-state index in [-0.39, 0.29) is 6.04 Å². The van der Waals surface area contributed by atoms with Gasteiger partial charge < -0.3 is 5.73 Å². The summed E-state index contributed by atoms with van der Waals surface area (Å²) < 4.78 is 1.04. The van der Waals surface area contributed by atoms with E-state index < -0.39 is 0 Å². The number of likely N-dealkylation sites (N-methyl/N-ethyl adjacent to an activating group) is 2. The molecule has 1 saturated heterocycles. The molecule has 2 N–H and O–H groups in total. The Labute approximate surface area is 141 Å². The van der Waals surface area contributed by atoms with Crippen molar-refractivity contribution in [1.29, 1.82) is 0 Å². The lowest BCUT2D eigenvalue weighted by atomic mass is 10.0. The Morgan fingerprint density at radius 2 is 2.29 bits per heavy atom. The second kappa shape index (κ2) is 7.93. The molecule has 21 heavy (non-hydrogen) atoms. The van der Waals surface area contributed by atoms with Crippen molar-refractivity contribution >= 4 is 27.5 Å². The highest BCUT2D eigenvalue weighted by molar-refractivity contribution is 9.10. The number of rotatable bonds is 6. The fourth-order valence-electron chi connectivity index (χ4n) is 3.29. The maximum absolute atomic E-state index is 6.04. The minimum atomic E-state index is 0.218. The maximum Gasteiger partial charge on any atom is 0.0479 e. The van der Waals surface area contributed by atoms with Crippen LogP contribution in [0, 0.1) is 0 Å². The van der Waals surface area contributed by atoms with Crippen molar-refractivity contribution in [3.05, 3.63) is 33.3 Å². The van der Waals surface area contributed by atoms with Gasteiger partial charge in [0.05, 0.1) is 0 Å². The zero-order valence-corrected chi connectivity index (χ0v) is 15.2. The summed E-state index contributed by atoms with van der Waals surface area (Å²) in [5.41, 5.74) is 7.26. The van der Waals surface area contributed by atoms with Crippen LogP contribution in [0.1, 0.15) is 31.4 Å². The van der Waals surface area contributed by atoms with Gasteiger partial charge in [-0.25, -0.2) is 0 Å². The van der Waals surface area contributed by atoms with Crippen molar-refractivity contribution in [2.75, 3.05) is 33.2 Å². The molecule has 1 heterocycles. The molecule has 0 saturated carbocycles. The van der Waals surface area contributed by atoms with Gasteiger partial charge in [-0.2, -0.15) is 0 Å². The predicted octanol–water partition coefficient (Wildman–Crippen LogP) is 3.52. The summed E-state index contributed by atoms with van der Waals surface area (Å²) in [5.74, 6) is 0. The summed E-state index contributed by atoms with van der Waals surface area (Å²) in [6, 6.07) is 6.83. The Morgan fingerprint density at radius 3 is 2.90 bits per heavy atom. The van der Waals surface area contributed by atoms with Gasteiger partial charge in [0, 0.05) is 34.7 Å². The van der Waals surface area contributed by atoms with E-state index in [1.54, 1.807) is 0 Å². The number of nitrogens with two attached hydrogens (primary N) is 1. The van der Waals surface area contributed by atoms with Crippen LogP contribution in [0.2, 0.25) is 5.02 Å². The van der Waals surface area contributed by atoms with E-state index in [1.165, 1.54) is 24.9 Å². The van der Waals surface area contributed by atoms with Gasteiger partial charge in [-0.3, -0.25) is 9.80 Å². The van der Waals surface area contributed by atoms with E-state index in [9.17, 15) is 0 Å². The molecule has 0 amide bonds. The van der Waals surface area contributed by atoms with Crippen molar-refractivity contribution in [3.8, 4) is 0 Å². The first-order valence-electron chi connectivity index (χ1n) is 7.66. The molecule has 1 aliphatic heterocycles. The summed E-state index contributed by atoms with van der Waals surface area (Å²) in [5, 5.41) is 0.747. The van der Waals surface area contributed by atoms with E-state index in [4.69, 9.17) is 17.3 Å². The van der Waals surface area contributed by atoms with Gasteiger partial charge in [0.25, 0.3) is 0 Å². The smallest absolute Gasteiger partial charge is 0.0479 e. The zero-order chi connectivity index (χ0) is 15.4. The number of hydrogen-bond donors (Lipinski definition) is 1.